The first-order valence-electron chi connectivity index (χ1n) is 9.13. The molecule has 1 amide bonds. The number of aromatic nitrogens is 3. The van der Waals surface area contributed by atoms with Crippen LogP contribution in [0.15, 0.2) is 54.7 Å². The zero-order chi connectivity index (χ0) is 19.8. The summed E-state index contributed by atoms with van der Waals surface area (Å²) in [7, 11) is 0. The molecule has 4 aromatic rings. The van der Waals surface area contributed by atoms with E-state index in [-0.39, 0.29) is 18.4 Å². The van der Waals surface area contributed by atoms with Gasteiger partial charge in [0.25, 0.3) is 0 Å². The second-order valence-corrected chi connectivity index (χ2v) is 7.70. The van der Waals surface area contributed by atoms with E-state index >= 15 is 0 Å². The summed E-state index contributed by atoms with van der Waals surface area (Å²) in [6.45, 7) is 0.226. The van der Waals surface area contributed by atoms with Crippen LogP contribution in [0.25, 0.3) is 15.3 Å². The van der Waals surface area contributed by atoms with Gasteiger partial charge in [-0.2, -0.15) is 9.78 Å². The summed E-state index contributed by atoms with van der Waals surface area (Å²) >= 11 is 1.54. The largest absolute Gasteiger partial charge is 0.481 e. The molecule has 0 saturated carbocycles. The normalized spacial score (nSPS) is 15.6. The van der Waals surface area contributed by atoms with Gasteiger partial charge < -0.3 is 10.1 Å². The SMILES string of the molecule is C#CCOc1ccc([C@@H]2CC(=O)Nc3c2cnn3-c2nc3ccccc3s2)cc1. The molecular formula is C22H16N4O2S. The zero-order valence-corrected chi connectivity index (χ0v) is 16.1. The maximum absolute atomic E-state index is 12.5. The molecular weight excluding hydrogens is 384 g/mol. The van der Waals surface area contributed by atoms with Gasteiger partial charge in [-0.1, -0.05) is 41.5 Å². The number of rotatable bonds is 4. The average molecular weight is 400 g/mol. The minimum Gasteiger partial charge on any atom is -0.481 e. The third-order valence-electron chi connectivity index (χ3n) is 4.89. The second kappa shape index (κ2) is 7.08. The molecule has 6 nitrogen and oxygen atoms in total. The quantitative estimate of drug-likeness (QED) is 0.527. The van der Waals surface area contributed by atoms with Crippen LogP contribution in [0.3, 0.4) is 0 Å². The number of anilines is 1. The van der Waals surface area contributed by atoms with Crippen molar-refractivity contribution in [1.82, 2.24) is 14.8 Å². The highest BCUT2D eigenvalue weighted by atomic mass is 32.1. The molecule has 0 aliphatic carbocycles. The number of nitrogens with one attached hydrogen (secondary N) is 1. The number of thiazole rings is 1. The summed E-state index contributed by atoms with van der Waals surface area (Å²) < 4.78 is 8.23. The fraction of sp³-hybridized carbons (Fsp3) is 0.136. The third-order valence-corrected chi connectivity index (χ3v) is 5.90. The molecule has 2 aromatic carbocycles. The lowest BCUT2D eigenvalue weighted by Gasteiger charge is -2.23. The third kappa shape index (κ3) is 3.13. The van der Waals surface area contributed by atoms with Gasteiger partial charge in [0.1, 0.15) is 18.2 Å². The van der Waals surface area contributed by atoms with E-state index in [4.69, 9.17) is 11.2 Å². The first-order valence-corrected chi connectivity index (χ1v) is 9.94. The summed E-state index contributed by atoms with van der Waals surface area (Å²) in [6, 6.07) is 15.6. The van der Waals surface area contributed by atoms with Gasteiger partial charge in [-0.3, -0.25) is 4.79 Å². The molecule has 2 aromatic heterocycles. The van der Waals surface area contributed by atoms with Crippen molar-refractivity contribution < 1.29 is 9.53 Å². The van der Waals surface area contributed by atoms with E-state index in [0.717, 1.165) is 26.5 Å². The molecule has 1 atom stereocenters. The number of carbonyl (C=O) groups excluding carboxylic acids is 1. The molecule has 1 aliphatic heterocycles. The summed E-state index contributed by atoms with van der Waals surface area (Å²) in [5, 5.41) is 8.23. The molecule has 1 N–H and O–H groups in total. The number of benzene rings is 2. The minimum atomic E-state index is -0.0800. The number of carbonyl (C=O) groups is 1. The van der Waals surface area contributed by atoms with Crippen LogP contribution < -0.4 is 10.1 Å². The highest BCUT2D eigenvalue weighted by molar-refractivity contribution is 7.20. The fourth-order valence-electron chi connectivity index (χ4n) is 3.53. The monoisotopic (exact) mass is 400 g/mol. The standard InChI is InChI=1S/C22H16N4O2S/c1-2-11-28-15-9-7-14(8-10-15)16-12-20(27)25-21-17(16)13-23-26(21)22-24-18-5-3-4-6-19(18)29-22/h1,3-10,13,16H,11-12H2,(H,25,27)/t16-/m0/s1. The molecule has 0 radical (unpaired) electrons. The van der Waals surface area contributed by atoms with Crippen molar-refractivity contribution in [3.05, 3.63) is 65.9 Å². The van der Waals surface area contributed by atoms with E-state index in [0.29, 0.717) is 18.0 Å². The molecule has 1 aliphatic rings. The number of terminal acetylenes is 1. The van der Waals surface area contributed by atoms with Crippen LogP contribution in [0.5, 0.6) is 5.75 Å². The van der Waals surface area contributed by atoms with Crippen LogP contribution in [0.2, 0.25) is 0 Å². The molecule has 5 rings (SSSR count). The van der Waals surface area contributed by atoms with Crippen molar-refractivity contribution in [3.8, 4) is 23.2 Å². The maximum atomic E-state index is 12.5. The summed E-state index contributed by atoms with van der Waals surface area (Å²) in [5.74, 6) is 3.71. The van der Waals surface area contributed by atoms with Crippen molar-refractivity contribution in [1.29, 1.82) is 0 Å². The number of nitrogens with zero attached hydrogens (tertiary/aromatic N) is 3. The van der Waals surface area contributed by atoms with Gasteiger partial charge in [0.15, 0.2) is 0 Å². The Morgan fingerprint density at radius 3 is 2.86 bits per heavy atom. The van der Waals surface area contributed by atoms with Gasteiger partial charge >= 0.3 is 0 Å². The van der Waals surface area contributed by atoms with Crippen molar-refractivity contribution in [3.63, 3.8) is 0 Å². The molecule has 0 unspecified atom stereocenters. The zero-order valence-electron chi connectivity index (χ0n) is 15.3. The molecule has 3 heterocycles. The number of amides is 1. The first kappa shape index (κ1) is 17.5. The predicted octanol–water partition coefficient (Wildman–Crippen LogP) is 3.97. The topological polar surface area (TPSA) is 69.0 Å². The Kier molecular flexibility index (Phi) is 4.26. The van der Waals surface area contributed by atoms with E-state index in [1.54, 1.807) is 16.0 Å². The second-order valence-electron chi connectivity index (χ2n) is 6.69. The van der Waals surface area contributed by atoms with Crippen LogP contribution in [-0.4, -0.2) is 27.3 Å². The van der Waals surface area contributed by atoms with Crippen molar-refractivity contribution in [2.75, 3.05) is 11.9 Å². The van der Waals surface area contributed by atoms with Crippen molar-refractivity contribution in [2.45, 2.75) is 12.3 Å². The number of para-hydroxylation sites is 1. The Morgan fingerprint density at radius 1 is 1.24 bits per heavy atom. The average Bonchev–Trinajstić information content (AvgIpc) is 3.35. The van der Waals surface area contributed by atoms with E-state index in [1.807, 2.05) is 54.7 Å². The summed E-state index contributed by atoms with van der Waals surface area (Å²) in [6.07, 6.45) is 7.41. The molecule has 7 heteroatoms. The summed E-state index contributed by atoms with van der Waals surface area (Å²) in [5.41, 5.74) is 2.91. The molecule has 0 fully saturated rings. The van der Waals surface area contributed by atoms with E-state index < -0.39 is 0 Å². The van der Waals surface area contributed by atoms with Crippen molar-refractivity contribution >= 4 is 33.3 Å². The van der Waals surface area contributed by atoms with Crippen LogP contribution in [-0.2, 0) is 4.79 Å². The number of hydrogen-bond donors (Lipinski definition) is 1. The van der Waals surface area contributed by atoms with Gasteiger partial charge in [0, 0.05) is 17.9 Å². The van der Waals surface area contributed by atoms with Gasteiger partial charge in [-0.05, 0) is 29.8 Å². The van der Waals surface area contributed by atoms with E-state index in [9.17, 15) is 4.79 Å². The number of ether oxygens (including phenoxy) is 1. The van der Waals surface area contributed by atoms with Gasteiger partial charge in [0.05, 0.1) is 16.4 Å². The number of hydrogen-bond acceptors (Lipinski definition) is 5. The van der Waals surface area contributed by atoms with Gasteiger partial charge in [-0.25, -0.2) is 4.98 Å². The lowest BCUT2D eigenvalue weighted by atomic mass is 9.87. The van der Waals surface area contributed by atoms with Crippen molar-refractivity contribution in [2.24, 2.45) is 0 Å². The van der Waals surface area contributed by atoms with Crippen LogP contribution in [0.1, 0.15) is 23.5 Å². The van der Waals surface area contributed by atoms with E-state index in [1.165, 1.54) is 0 Å². The fourth-order valence-corrected chi connectivity index (χ4v) is 4.46. The van der Waals surface area contributed by atoms with Gasteiger partial charge in [-0.15, -0.1) is 6.42 Å². The first-order chi connectivity index (χ1) is 14.2. The minimum absolute atomic E-state index is 0.0435. The van der Waals surface area contributed by atoms with Crippen LogP contribution >= 0.6 is 11.3 Å². The smallest absolute Gasteiger partial charge is 0.226 e. The van der Waals surface area contributed by atoms with Gasteiger partial charge in [0.2, 0.25) is 11.0 Å². The molecule has 29 heavy (non-hydrogen) atoms. The Balaban J connectivity index is 1.52. The molecule has 0 saturated heterocycles. The Morgan fingerprint density at radius 2 is 2.07 bits per heavy atom. The lowest BCUT2D eigenvalue weighted by Crippen LogP contribution is -2.24. The highest BCUT2D eigenvalue weighted by Gasteiger charge is 2.31. The Labute approximate surface area is 171 Å². The van der Waals surface area contributed by atoms with Crippen LogP contribution in [0, 0.1) is 12.3 Å². The maximum Gasteiger partial charge on any atom is 0.226 e. The van der Waals surface area contributed by atoms with Crippen LogP contribution in [0.4, 0.5) is 5.82 Å². The number of fused-ring (bicyclic) bond motifs is 2. The highest BCUT2D eigenvalue weighted by Crippen LogP contribution is 2.39. The Hall–Kier alpha value is -3.63. The molecule has 0 spiro atoms. The Bertz CT molecular complexity index is 1220. The lowest BCUT2D eigenvalue weighted by molar-refractivity contribution is -0.116. The van der Waals surface area contributed by atoms with E-state index in [2.05, 4.69) is 21.3 Å². The predicted molar refractivity (Wildman–Crippen MR) is 113 cm³/mol. The molecule has 142 valence electrons. The molecule has 0 bridgehead atoms. The summed E-state index contributed by atoms with van der Waals surface area (Å²) in [4.78, 5) is 17.1.